The van der Waals surface area contributed by atoms with E-state index in [0.717, 1.165) is 12.1 Å². The highest BCUT2D eigenvalue weighted by molar-refractivity contribution is 5.91. The molecule has 0 unspecified atom stereocenters. The minimum atomic E-state index is -4.67. The second kappa shape index (κ2) is 5.86. The first-order chi connectivity index (χ1) is 8.75. The zero-order valence-electron chi connectivity index (χ0n) is 10.5. The van der Waals surface area contributed by atoms with Crippen LogP contribution in [-0.2, 0) is 22.1 Å². The van der Waals surface area contributed by atoms with Crippen LogP contribution in [0, 0.1) is 0 Å². The Morgan fingerprint density at radius 2 is 1.89 bits per heavy atom. The summed E-state index contributed by atoms with van der Waals surface area (Å²) < 4.78 is 43.2. The molecule has 0 bridgehead atoms. The van der Waals surface area contributed by atoms with E-state index in [9.17, 15) is 22.8 Å². The molecule has 0 N–H and O–H groups in total. The van der Waals surface area contributed by atoms with Crippen molar-refractivity contribution in [2.24, 2.45) is 0 Å². The fourth-order valence-electron chi connectivity index (χ4n) is 1.61. The molecule has 0 saturated carbocycles. The molecule has 104 valence electrons. The Morgan fingerprint density at radius 3 is 2.37 bits per heavy atom. The van der Waals surface area contributed by atoms with Gasteiger partial charge in [-0.3, -0.25) is 4.79 Å². The van der Waals surface area contributed by atoms with Gasteiger partial charge in [0.1, 0.15) is 5.78 Å². The first kappa shape index (κ1) is 15.2. The summed E-state index contributed by atoms with van der Waals surface area (Å²) in [6.07, 6.45) is -4.78. The first-order valence-electron chi connectivity index (χ1n) is 5.62. The number of ketones is 1. The average Bonchev–Trinajstić information content (AvgIpc) is 2.27. The third-order valence-electron chi connectivity index (χ3n) is 2.34. The average molecular weight is 274 g/mol. The SMILES string of the molecule is CCOC(=O)c1ccc(CC(C)=O)cc1C(F)(F)F. The minimum absolute atomic E-state index is 0.00860. The Kier molecular flexibility index (Phi) is 4.69. The van der Waals surface area contributed by atoms with Gasteiger partial charge in [-0.2, -0.15) is 13.2 Å². The van der Waals surface area contributed by atoms with Crippen LogP contribution in [0.15, 0.2) is 18.2 Å². The largest absolute Gasteiger partial charge is 0.462 e. The molecular weight excluding hydrogens is 261 g/mol. The molecule has 0 fully saturated rings. The van der Waals surface area contributed by atoms with Crippen molar-refractivity contribution < 1.29 is 27.5 Å². The summed E-state index contributed by atoms with van der Waals surface area (Å²) in [7, 11) is 0. The summed E-state index contributed by atoms with van der Waals surface area (Å²) in [5.74, 6) is -1.28. The smallest absolute Gasteiger partial charge is 0.417 e. The van der Waals surface area contributed by atoms with Crippen molar-refractivity contribution in [3.63, 3.8) is 0 Å². The molecule has 1 aromatic rings. The van der Waals surface area contributed by atoms with Crippen molar-refractivity contribution >= 4 is 11.8 Å². The zero-order valence-corrected chi connectivity index (χ0v) is 10.5. The predicted octanol–water partition coefficient (Wildman–Crippen LogP) is 3.01. The summed E-state index contributed by atoms with van der Waals surface area (Å²) in [6, 6.07) is 3.18. The number of rotatable bonds is 4. The summed E-state index contributed by atoms with van der Waals surface area (Å²) in [4.78, 5) is 22.4. The van der Waals surface area contributed by atoms with Gasteiger partial charge in [-0.1, -0.05) is 6.07 Å². The Hall–Kier alpha value is -1.85. The molecule has 1 aromatic carbocycles. The Labute approximate surface area is 108 Å². The van der Waals surface area contributed by atoms with Crippen molar-refractivity contribution in [3.05, 3.63) is 34.9 Å². The molecule has 0 heterocycles. The normalized spacial score (nSPS) is 11.2. The summed E-state index contributed by atoms with van der Waals surface area (Å²) >= 11 is 0. The molecule has 0 amide bonds. The highest BCUT2D eigenvalue weighted by Gasteiger charge is 2.36. The number of ether oxygens (including phenoxy) is 1. The van der Waals surface area contributed by atoms with Gasteiger partial charge in [0.25, 0.3) is 0 Å². The molecule has 0 saturated heterocycles. The van der Waals surface area contributed by atoms with E-state index in [2.05, 4.69) is 4.74 Å². The van der Waals surface area contributed by atoms with E-state index in [1.807, 2.05) is 0 Å². The minimum Gasteiger partial charge on any atom is -0.462 e. The number of hydrogen-bond donors (Lipinski definition) is 0. The third-order valence-corrected chi connectivity index (χ3v) is 2.34. The van der Waals surface area contributed by atoms with Crippen molar-refractivity contribution in [2.45, 2.75) is 26.4 Å². The molecule has 0 radical (unpaired) electrons. The van der Waals surface area contributed by atoms with Crippen molar-refractivity contribution in [1.82, 2.24) is 0 Å². The maximum Gasteiger partial charge on any atom is 0.417 e. The molecule has 0 aliphatic rings. The lowest BCUT2D eigenvalue weighted by Crippen LogP contribution is -2.16. The fourth-order valence-corrected chi connectivity index (χ4v) is 1.61. The number of Topliss-reactive ketones (excluding diaryl/α,β-unsaturated/α-hetero) is 1. The van der Waals surface area contributed by atoms with Gasteiger partial charge in [0.15, 0.2) is 0 Å². The number of carbonyl (C=O) groups is 2. The highest BCUT2D eigenvalue weighted by Crippen LogP contribution is 2.33. The quantitative estimate of drug-likeness (QED) is 0.793. The van der Waals surface area contributed by atoms with E-state index < -0.39 is 23.3 Å². The van der Waals surface area contributed by atoms with Crippen molar-refractivity contribution in [2.75, 3.05) is 6.61 Å². The van der Waals surface area contributed by atoms with Crippen LogP contribution in [0.1, 0.15) is 35.3 Å². The Bertz CT molecular complexity index is 492. The van der Waals surface area contributed by atoms with E-state index >= 15 is 0 Å². The molecule has 19 heavy (non-hydrogen) atoms. The Balaban J connectivity index is 3.25. The van der Waals surface area contributed by atoms with E-state index in [4.69, 9.17) is 0 Å². The van der Waals surface area contributed by atoms with Gasteiger partial charge >= 0.3 is 12.1 Å². The summed E-state index contributed by atoms with van der Waals surface area (Å²) in [5, 5.41) is 0. The van der Waals surface area contributed by atoms with Gasteiger partial charge in [-0.05, 0) is 31.5 Å². The molecule has 0 aromatic heterocycles. The molecule has 1 rings (SSSR count). The zero-order chi connectivity index (χ0) is 14.6. The lowest BCUT2D eigenvalue weighted by atomic mass is 10.0. The van der Waals surface area contributed by atoms with Crippen LogP contribution in [0.4, 0.5) is 13.2 Å². The van der Waals surface area contributed by atoms with Crippen LogP contribution < -0.4 is 0 Å². The molecule has 6 heteroatoms. The second-order valence-electron chi connectivity index (χ2n) is 3.98. The molecule has 0 atom stereocenters. The second-order valence-corrected chi connectivity index (χ2v) is 3.98. The number of esters is 1. The Morgan fingerprint density at radius 1 is 1.26 bits per heavy atom. The van der Waals surface area contributed by atoms with E-state index in [0.29, 0.717) is 0 Å². The maximum atomic E-state index is 12.9. The van der Waals surface area contributed by atoms with Gasteiger partial charge < -0.3 is 4.74 Å². The molecule has 0 aliphatic carbocycles. The van der Waals surface area contributed by atoms with Crippen LogP contribution in [0.5, 0.6) is 0 Å². The highest BCUT2D eigenvalue weighted by atomic mass is 19.4. The number of hydrogen-bond acceptors (Lipinski definition) is 3. The number of halogens is 3. The molecule has 3 nitrogen and oxygen atoms in total. The van der Waals surface area contributed by atoms with Crippen LogP contribution in [-0.4, -0.2) is 18.4 Å². The standard InChI is InChI=1S/C13H13F3O3/c1-3-19-12(18)10-5-4-9(6-8(2)17)7-11(10)13(14,15)16/h4-5,7H,3,6H2,1-2H3. The van der Waals surface area contributed by atoms with E-state index in [-0.39, 0.29) is 24.4 Å². The monoisotopic (exact) mass is 274 g/mol. The van der Waals surface area contributed by atoms with Gasteiger partial charge in [-0.25, -0.2) is 4.79 Å². The lowest BCUT2D eigenvalue weighted by Gasteiger charge is -2.13. The fraction of sp³-hybridized carbons (Fsp3) is 0.385. The van der Waals surface area contributed by atoms with Crippen LogP contribution in [0.2, 0.25) is 0 Å². The topological polar surface area (TPSA) is 43.4 Å². The number of benzene rings is 1. The maximum absolute atomic E-state index is 12.9. The van der Waals surface area contributed by atoms with Crippen molar-refractivity contribution in [3.8, 4) is 0 Å². The third kappa shape index (κ3) is 4.08. The predicted molar refractivity (Wildman–Crippen MR) is 61.8 cm³/mol. The van der Waals surface area contributed by atoms with Crippen LogP contribution in [0.3, 0.4) is 0 Å². The first-order valence-corrected chi connectivity index (χ1v) is 5.62. The van der Waals surface area contributed by atoms with Gasteiger partial charge in [0.05, 0.1) is 17.7 Å². The summed E-state index contributed by atoms with van der Waals surface area (Å²) in [5.41, 5.74) is -1.40. The van der Waals surface area contributed by atoms with E-state index in [1.165, 1.54) is 19.9 Å². The van der Waals surface area contributed by atoms with Crippen LogP contribution in [0.25, 0.3) is 0 Å². The molecule has 0 aliphatic heterocycles. The van der Waals surface area contributed by atoms with Gasteiger partial charge in [0, 0.05) is 6.42 Å². The van der Waals surface area contributed by atoms with Gasteiger partial charge in [-0.15, -0.1) is 0 Å². The number of carbonyl (C=O) groups excluding carboxylic acids is 2. The van der Waals surface area contributed by atoms with Crippen LogP contribution >= 0.6 is 0 Å². The van der Waals surface area contributed by atoms with Crippen molar-refractivity contribution in [1.29, 1.82) is 0 Å². The lowest BCUT2D eigenvalue weighted by molar-refractivity contribution is -0.138. The van der Waals surface area contributed by atoms with Gasteiger partial charge in [0.2, 0.25) is 0 Å². The van der Waals surface area contributed by atoms with E-state index in [1.54, 1.807) is 0 Å². The molecule has 0 spiro atoms. The summed E-state index contributed by atoms with van der Waals surface area (Å²) in [6.45, 7) is 2.78. The number of alkyl halides is 3. The molecular formula is C13H13F3O3.